The van der Waals surface area contributed by atoms with E-state index in [2.05, 4.69) is 10.5 Å². The molecule has 0 spiro atoms. The average Bonchev–Trinajstić information content (AvgIpc) is 2.49. The van der Waals surface area contributed by atoms with E-state index in [0.29, 0.717) is 0 Å². The maximum atomic E-state index is 13.8. The molecular weight excluding hydrogens is 283 g/mol. The lowest BCUT2D eigenvalue weighted by Gasteiger charge is -2.09. The van der Waals surface area contributed by atoms with Gasteiger partial charge in [0.15, 0.2) is 17.5 Å². The van der Waals surface area contributed by atoms with Crippen LogP contribution in [0.2, 0.25) is 0 Å². The first-order valence-corrected chi connectivity index (χ1v) is 5.97. The van der Waals surface area contributed by atoms with Crippen molar-refractivity contribution in [3.05, 3.63) is 65.0 Å². The Morgan fingerprint density at radius 1 is 1.14 bits per heavy atom. The predicted octanol–water partition coefficient (Wildman–Crippen LogP) is 2.81. The zero-order valence-corrected chi connectivity index (χ0v) is 10.8. The molecule has 0 bridgehead atoms. The van der Waals surface area contributed by atoms with Gasteiger partial charge >= 0.3 is 0 Å². The number of oxime groups is 1. The summed E-state index contributed by atoms with van der Waals surface area (Å²) in [6.07, 6.45) is 0. The van der Waals surface area contributed by atoms with Crippen molar-refractivity contribution in [3.63, 3.8) is 0 Å². The van der Waals surface area contributed by atoms with Crippen LogP contribution in [0.5, 0.6) is 0 Å². The molecule has 2 aromatic carbocycles. The van der Waals surface area contributed by atoms with Gasteiger partial charge in [0.1, 0.15) is 5.82 Å². The van der Waals surface area contributed by atoms with Gasteiger partial charge in [0.25, 0.3) is 0 Å². The zero-order chi connectivity index (χ0) is 15.4. The largest absolute Gasteiger partial charge is 0.409 e. The Balaban J connectivity index is 2.15. The zero-order valence-electron chi connectivity index (χ0n) is 10.8. The molecule has 0 heterocycles. The van der Waals surface area contributed by atoms with Gasteiger partial charge in [0.2, 0.25) is 0 Å². The molecule has 0 fully saturated rings. The molecule has 21 heavy (non-hydrogen) atoms. The van der Waals surface area contributed by atoms with Crippen molar-refractivity contribution in [2.45, 2.75) is 6.54 Å². The molecule has 4 nitrogen and oxygen atoms in total. The molecule has 0 radical (unpaired) electrons. The van der Waals surface area contributed by atoms with Crippen LogP contribution >= 0.6 is 0 Å². The monoisotopic (exact) mass is 295 g/mol. The van der Waals surface area contributed by atoms with Gasteiger partial charge in [-0.2, -0.15) is 0 Å². The van der Waals surface area contributed by atoms with Gasteiger partial charge in [-0.05, 0) is 18.2 Å². The van der Waals surface area contributed by atoms with Crippen LogP contribution in [0.4, 0.5) is 18.9 Å². The highest BCUT2D eigenvalue weighted by Gasteiger charge is 2.09. The maximum absolute atomic E-state index is 13.8. The quantitative estimate of drug-likeness (QED) is 0.351. The van der Waals surface area contributed by atoms with Gasteiger partial charge in [-0.25, -0.2) is 13.2 Å². The van der Waals surface area contributed by atoms with Crippen LogP contribution in [0.25, 0.3) is 0 Å². The molecule has 0 aliphatic rings. The molecule has 0 amide bonds. The number of rotatable bonds is 4. The number of anilines is 1. The van der Waals surface area contributed by atoms with Crippen molar-refractivity contribution in [1.82, 2.24) is 0 Å². The van der Waals surface area contributed by atoms with Gasteiger partial charge in [-0.15, -0.1) is 0 Å². The van der Waals surface area contributed by atoms with Crippen molar-refractivity contribution < 1.29 is 18.4 Å². The van der Waals surface area contributed by atoms with Gasteiger partial charge < -0.3 is 16.3 Å². The van der Waals surface area contributed by atoms with Gasteiger partial charge in [-0.1, -0.05) is 23.4 Å². The molecule has 0 aliphatic heterocycles. The minimum Gasteiger partial charge on any atom is -0.409 e. The van der Waals surface area contributed by atoms with Crippen molar-refractivity contribution in [3.8, 4) is 0 Å². The molecule has 0 saturated heterocycles. The number of hydrogen-bond donors (Lipinski definition) is 3. The van der Waals surface area contributed by atoms with Crippen LogP contribution in [-0.2, 0) is 6.54 Å². The molecule has 0 saturated carbocycles. The number of halogens is 3. The summed E-state index contributed by atoms with van der Waals surface area (Å²) in [5.41, 5.74) is 5.73. The Morgan fingerprint density at radius 3 is 2.57 bits per heavy atom. The Labute approximate surface area is 118 Å². The maximum Gasteiger partial charge on any atom is 0.181 e. The number of nitrogens with one attached hydrogen (secondary N) is 1. The summed E-state index contributed by atoms with van der Waals surface area (Å²) in [6, 6.07) is 7.64. The molecule has 110 valence electrons. The van der Waals surface area contributed by atoms with E-state index in [-0.39, 0.29) is 29.2 Å². The fourth-order valence-electron chi connectivity index (χ4n) is 1.74. The SMILES string of the molecule is NC(=NO)c1ccc(CNc2cccc(F)c2F)c(F)c1. The number of amidine groups is 1. The van der Waals surface area contributed by atoms with E-state index in [1.807, 2.05) is 0 Å². The average molecular weight is 295 g/mol. The normalized spacial score (nSPS) is 11.5. The molecular formula is C14H12F3N3O. The predicted molar refractivity (Wildman–Crippen MR) is 72.6 cm³/mol. The lowest BCUT2D eigenvalue weighted by Crippen LogP contribution is -2.14. The van der Waals surface area contributed by atoms with E-state index in [1.165, 1.54) is 24.3 Å². The highest BCUT2D eigenvalue weighted by molar-refractivity contribution is 5.97. The highest BCUT2D eigenvalue weighted by atomic mass is 19.2. The minimum absolute atomic E-state index is 0.0390. The Kier molecular flexibility index (Phi) is 4.32. The van der Waals surface area contributed by atoms with E-state index in [0.717, 1.165) is 12.1 Å². The van der Waals surface area contributed by atoms with Crippen molar-refractivity contribution >= 4 is 11.5 Å². The van der Waals surface area contributed by atoms with Crippen LogP contribution in [-0.4, -0.2) is 11.0 Å². The fourth-order valence-corrected chi connectivity index (χ4v) is 1.74. The van der Waals surface area contributed by atoms with Crippen LogP contribution in [0, 0.1) is 17.5 Å². The lowest BCUT2D eigenvalue weighted by atomic mass is 10.1. The third kappa shape index (κ3) is 3.25. The van der Waals surface area contributed by atoms with Gasteiger partial charge in [0, 0.05) is 17.7 Å². The Morgan fingerprint density at radius 2 is 1.90 bits per heavy atom. The summed E-state index contributed by atoms with van der Waals surface area (Å²) in [5.74, 6) is -2.83. The van der Waals surface area contributed by atoms with E-state index < -0.39 is 17.5 Å². The topological polar surface area (TPSA) is 70.6 Å². The number of hydrogen-bond acceptors (Lipinski definition) is 3. The Bertz CT molecular complexity index is 689. The molecule has 2 rings (SSSR count). The fraction of sp³-hybridized carbons (Fsp3) is 0.0714. The first kappa shape index (κ1) is 14.7. The van der Waals surface area contributed by atoms with Crippen molar-refractivity contribution in [2.75, 3.05) is 5.32 Å². The Hall–Kier alpha value is -2.70. The smallest absolute Gasteiger partial charge is 0.181 e. The molecule has 0 unspecified atom stereocenters. The molecule has 7 heteroatoms. The summed E-state index contributed by atoms with van der Waals surface area (Å²) in [4.78, 5) is 0. The van der Waals surface area contributed by atoms with Crippen LogP contribution < -0.4 is 11.1 Å². The van der Waals surface area contributed by atoms with E-state index >= 15 is 0 Å². The van der Waals surface area contributed by atoms with Gasteiger partial charge in [-0.3, -0.25) is 0 Å². The summed E-state index contributed by atoms with van der Waals surface area (Å²) in [6.45, 7) is -0.0390. The van der Waals surface area contributed by atoms with E-state index in [4.69, 9.17) is 10.9 Å². The van der Waals surface area contributed by atoms with Crippen LogP contribution in [0.1, 0.15) is 11.1 Å². The van der Waals surface area contributed by atoms with E-state index in [1.54, 1.807) is 0 Å². The first-order valence-electron chi connectivity index (χ1n) is 5.97. The lowest BCUT2D eigenvalue weighted by molar-refractivity contribution is 0.318. The highest BCUT2D eigenvalue weighted by Crippen LogP contribution is 2.18. The molecule has 2 aromatic rings. The third-order valence-electron chi connectivity index (χ3n) is 2.88. The number of nitrogens with two attached hydrogens (primary N) is 1. The van der Waals surface area contributed by atoms with Gasteiger partial charge in [0.05, 0.1) is 5.69 Å². The number of benzene rings is 2. The van der Waals surface area contributed by atoms with Crippen LogP contribution in [0.3, 0.4) is 0 Å². The van der Waals surface area contributed by atoms with Crippen molar-refractivity contribution in [2.24, 2.45) is 10.9 Å². The molecule has 0 aliphatic carbocycles. The molecule has 4 N–H and O–H groups in total. The standard InChI is InChI=1S/C14H12F3N3O/c15-10-2-1-3-12(13(10)17)19-7-9-5-4-8(6-11(9)16)14(18)20-21/h1-6,19,21H,7H2,(H2,18,20). The summed E-state index contributed by atoms with van der Waals surface area (Å²) < 4.78 is 40.3. The number of nitrogens with zero attached hydrogens (tertiary/aromatic N) is 1. The second-order valence-corrected chi connectivity index (χ2v) is 4.25. The second kappa shape index (κ2) is 6.17. The second-order valence-electron chi connectivity index (χ2n) is 4.25. The summed E-state index contributed by atoms with van der Waals surface area (Å²) in [5, 5.41) is 13.9. The van der Waals surface area contributed by atoms with Crippen LogP contribution in [0.15, 0.2) is 41.6 Å². The first-order chi connectivity index (χ1) is 10.0. The summed E-state index contributed by atoms with van der Waals surface area (Å²) in [7, 11) is 0. The molecule has 0 aromatic heterocycles. The van der Waals surface area contributed by atoms with E-state index in [9.17, 15) is 13.2 Å². The molecule has 0 atom stereocenters. The van der Waals surface area contributed by atoms with Crippen molar-refractivity contribution in [1.29, 1.82) is 0 Å². The minimum atomic E-state index is -1.02. The summed E-state index contributed by atoms with van der Waals surface area (Å²) >= 11 is 0. The third-order valence-corrected chi connectivity index (χ3v) is 2.88.